The fourth-order valence-electron chi connectivity index (χ4n) is 2.34. The molecule has 1 fully saturated rings. The zero-order chi connectivity index (χ0) is 13.8. The highest BCUT2D eigenvalue weighted by Gasteiger charge is 2.28. The number of amides is 1. The zero-order valence-electron chi connectivity index (χ0n) is 11.8. The average Bonchev–Trinajstić information content (AvgIpc) is 2.42. The van der Waals surface area contributed by atoms with Crippen LogP contribution in [0.1, 0.15) is 19.4 Å². The maximum Gasteiger partial charge on any atom is 0.227 e. The smallest absolute Gasteiger partial charge is 0.227 e. The molecule has 0 aliphatic carbocycles. The Morgan fingerprint density at radius 2 is 2.26 bits per heavy atom. The molecule has 0 radical (unpaired) electrons. The van der Waals surface area contributed by atoms with Crippen LogP contribution in [0.25, 0.3) is 0 Å². The molecule has 1 aliphatic rings. The minimum Gasteiger partial charge on any atom is -0.497 e. The van der Waals surface area contributed by atoms with Gasteiger partial charge in [-0.25, -0.2) is 0 Å². The number of nitrogens with zero attached hydrogens (tertiary/aromatic N) is 1. The standard InChI is InChI=1S/C15H21NO2S/c1-11-12(2)19-8-7-16(11)15(17)10-13-5-4-6-14(9-13)18-3/h4-6,9,11-12H,7-8,10H2,1-3H3. The summed E-state index contributed by atoms with van der Waals surface area (Å²) in [6.45, 7) is 5.19. The third-order valence-corrected chi connectivity index (χ3v) is 5.03. The first-order valence-corrected chi connectivity index (χ1v) is 7.70. The van der Waals surface area contributed by atoms with E-state index in [1.807, 2.05) is 40.9 Å². The van der Waals surface area contributed by atoms with Gasteiger partial charge in [0.25, 0.3) is 0 Å². The van der Waals surface area contributed by atoms with E-state index in [-0.39, 0.29) is 5.91 Å². The molecular formula is C15H21NO2S. The van der Waals surface area contributed by atoms with Crippen LogP contribution in [0.15, 0.2) is 24.3 Å². The quantitative estimate of drug-likeness (QED) is 0.852. The molecule has 3 nitrogen and oxygen atoms in total. The van der Waals surface area contributed by atoms with E-state index in [4.69, 9.17) is 4.74 Å². The fraction of sp³-hybridized carbons (Fsp3) is 0.533. The molecule has 1 heterocycles. The molecule has 2 unspecified atom stereocenters. The molecule has 19 heavy (non-hydrogen) atoms. The number of thioether (sulfide) groups is 1. The molecule has 0 spiro atoms. The van der Waals surface area contributed by atoms with Crippen LogP contribution in [0.3, 0.4) is 0 Å². The molecule has 2 atom stereocenters. The van der Waals surface area contributed by atoms with Crippen LogP contribution in [0.2, 0.25) is 0 Å². The third-order valence-electron chi connectivity index (χ3n) is 3.69. The number of rotatable bonds is 3. The van der Waals surface area contributed by atoms with Crippen molar-refractivity contribution in [1.82, 2.24) is 4.90 Å². The summed E-state index contributed by atoms with van der Waals surface area (Å²) < 4.78 is 5.19. The molecule has 1 aliphatic heterocycles. The summed E-state index contributed by atoms with van der Waals surface area (Å²) in [6, 6.07) is 8.06. The van der Waals surface area contributed by atoms with Crippen LogP contribution in [0, 0.1) is 0 Å². The van der Waals surface area contributed by atoms with Gasteiger partial charge in [0, 0.05) is 23.6 Å². The molecule has 0 bridgehead atoms. The van der Waals surface area contributed by atoms with Crippen LogP contribution in [0.4, 0.5) is 0 Å². The summed E-state index contributed by atoms with van der Waals surface area (Å²) in [5, 5.41) is 0.517. The van der Waals surface area contributed by atoms with Gasteiger partial charge in [-0.05, 0) is 24.6 Å². The van der Waals surface area contributed by atoms with Gasteiger partial charge < -0.3 is 9.64 Å². The summed E-state index contributed by atoms with van der Waals surface area (Å²) in [6.07, 6.45) is 0.457. The van der Waals surface area contributed by atoms with E-state index in [0.29, 0.717) is 17.7 Å². The Hall–Kier alpha value is -1.16. The number of carbonyl (C=O) groups is 1. The van der Waals surface area contributed by atoms with E-state index >= 15 is 0 Å². The minimum atomic E-state index is 0.216. The molecule has 4 heteroatoms. The normalized spacial score (nSPS) is 23.2. The van der Waals surface area contributed by atoms with E-state index in [1.165, 1.54) is 0 Å². The summed E-state index contributed by atoms with van der Waals surface area (Å²) in [5.74, 6) is 2.06. The lowest BCUT2D eigenvalue weighted by molar-refractivity contribution is -0.132. The average molecular weight is 279 g/mol. The van der Waals surface area contributed by atoms with Crippen molar-refractivity contribution >= 4 is 17.7 Å². The van der Waals surface area contributed by atoms with E-state index < -0.39 is 0 Å². The third kappa shape index (κ3) is 3.44. The van der Waals surface area contributed by atoms with Gasteiger partial charge in [0.1, 0.15) is 5.75 Å². The number of methoxy groups -OCH3 is 1. The Balaban J connectivity index is 2.03. The Labute approximate surface area is 119 Å². The minimum absolute atomic E-state index is 0.216. The highest BCUT2D eigenvalue weighted by molar-refractivity contribution is 8.00. The molecule has 0 saturated carbocycles. The lowest BCUT2D eigenvalue weighted by Crippen LogP contribution is -2.48. The Kier molecular flexibility index (Phi) is 4.75. The van der Waals surface area contributed by atoms with E-state index in [1.54, 1.807) is 7.11 Å². The Morgan fingerprint density at radius 1 is 1.47 bits per heavy atom. The van der Waals surface area contributed by atoms with E-state index in [0.717, 1.165) is 23.6 Å². The van der Waals surface area contributed by atoms with Crippen LogP contribution < -0.4 is 4.74 Å². The van der Waals surface area contributed by atoms with Crippen molar-refractivity contribution in [3.8, 4) is 5.75 Å². The van der Waals surface area contributed by atoms with Crippen LogP contribution in [0.5, 0.6) is 5.75 Å². The lowest BCUT2D eigenvalue weighted by atomic mass is 10.1. The molecule has 1 aromatic rings. The van der Waals surface area contributed by atoms with Gasteiger partial charge in [-0.1, -0.05) is 19.1 Å². The summed E-state index contributed by atoms with van der Waals surface area (Å²) in [4.78, 5) is 14.4. The zero-order valence-corrected chi connectivity index (χ0v) is 12.6. The first-order chi connectivity index (χ1) is 9.11. The number of benzene rings is 1. The Bertz CT molecular complexity index is 450. The van der Waals surface area contributed by atoms with Crippen molar-refractivity contribution in [1.29, 1.82) is 0 Å². The topological polar surface area (TPSA) is 29.5 Å². The van der Waals surface area contributed by atoms with Crippen molar-refractivity contribution < 1.29 is 9.53 Å². The highest BCUT2D eigenvalue weighted by atomic mass is 32.2. The second-order valence-corrected chi connectivity index (χ2v) is 6.42. The monoisotopic (exact) mass is 279 g/mol. The molecule has 0 N–H and O–H groups in total. The summed E-state index contributed by atoms with van der Waals surface area (Å²) in [7, 11) is 1.65. The van der Waals surface area contributed by atoms with Crippen LogP contribution >= 0.6 is 11.8 Å². The highest BCUT2D eigenvalue weighted by Crippen LogP contribution is 2.25. The van der Waals surface area contributed by atoms with Gasteiger partial charge in [-0.2, -0.15) is 11.8 Å². The fourth-order valence-corrected chi connectivity index (χ4v) is 3.44. The lowest BCUT2D eigenvalue weighted by Gasteiger charge is -2.37. The number of hydrogen-bond acceptors (Lipinski definition) is 3. The van der Waals surface area contributed by atoms with Gasteiger partial charge in [-0.15, -0.1) is 0 Å². The van der Waals surface area contributed by atoms with Crippen molar-refractivity contribution in [2.45, 2.75) is 31.6 Å². The maximum atomic E-state index is 12.4. The van der Waals surface area contributed by atoms with Crippen molar-refractivity contribution in [2.24, 2.45) is 0 Å². The first-order valence-electron chi connectivity index (χ1n) is 6.66. The van der Waals surface area contributed by atoms with Crippen molar-refractivity contribution in [2.75, 3.05) is 19.4 Å². The predicted molar refractivity (Wildman–Crippen MR) is 79.8 cm³/mol. The second kappa shape index (κ2) is 6.33. The molecule has 1 amide bonds. The molecule has 1 saturated heterocycles. The maximum absolute atomic E-state index is 12.4. The van der Waals surface area contributed by atoms with Crippen molar-refractivity contribution in [3.05, 3.63) is 29.8 Å². The van der Waals surface area contributed by atoms with Crippen molar-refractivity contribution in [3.63, 3.8) is 0 Å². The molecule has 0 aromatic heterocycles. The molecule has 1 aromatic carbocycles. The van der Waals surface area contributed by atoms with Crippen LogP contribution in [-0.4, -0.2) is 41.5 Å². The first kappa shape index (κ1) is 14.3. The SMILES string of the molecule is COc1cccc(CC(=O)N2CCSC(C)C2C)c1. The van der Waals surface area contributed by atoms with Gasteiger partial charge >= 0.3 is 0 Å². The molecule has 104 valence electrons. The Morgan fingerprint density at radius 3 is 3.00 bits per heavy atom. The second-order valence-electron chi connectivity index (χ2n) is 4.93. The van der Waals surface area contributed by atoms with Gasteiger partial charge in [0.2, 0.25) is 5.91 Å². The van der Waals surface area contributed by atoms with Gasteiger partial charge in [0.05, 0.1) is 13.5 Å². The number of ether oxygens (including phenoxy) is 1. The van der Waals surface area contributed by atoms with Gasteiger partial charge in [-0.3, -0.25) is 4.79 Å². The van der Waals surface area contributed by atoms with E-state index in [9.17, 15) is 4.79 Å². The van der Waals surface area contributed by atoms with Gasteiger partial charge in [0.15, 0.2) is 0 Å². The predicted octanol–water partition coefficient (Wildman–Crippen LogP) is 2.59. The number of carbonyl (C=O) groups excluding carboxylic acids is 1. The van der Waals surface area contributed by atoms with Crippen LogP contribution in [-0.2, 0) is 11.2 Å². The largest absolute Gasteiger partial charge is 0.497 e. The molecular weight excluding hydrogens is 258 g/mol. The summed E-state index contributed by atoms with van der Waals surface area (Å²) >= 11 is 1.95. The summed E-state index contributed by atoms with van der Waals surface area (Å²) in [5.41, 5.74) is 1.02. The number of hydrogen-bond donors (Lipinski definition) is 0. The van der Waals surface area contributed by atoms with E-state index in [2.05, 4.69) is 13.8 Å². The molecule has 2 rings (SSSR count).